The molecule has 0 heterocycles. The Morgan fingerprint density at radius 1 is 0.818 bits per heavy atom. The number of rotatable bonds is 7. The summed E-state index contributed by atoms with van der Waals surface area (Å²) in [5.74, 6) is 0. The third kappa shape index (κ3) is 13.8. The van der Waals surface area contributed by atoms with E-state index >= 15 is 0 Å². The summed E-state index contributed by atoms with van der Waals surface area (Å²) >= 11 is 1.71. The molecule has 0 spiro atoms. The van der Waals surface area contributed by atoms with E-state index in [4.69, 9.17) is 0 Å². The monoisotopic (exact) mass is 234 g/mol. The summed E-state index contributed by atoms with van der Waals surface area (Å²) in [6, 6.07) is 0. The van der Waals surface area contributed by atoms with Gasteiger partial charge in [-0.25, -0.2) is 0 Å². The van der Waals surface area contributed by atoms with Gasteiger partial charge in [0.2, 0.25) is 0 Å². The predicted molar refractivity (Wildman–Crippen MR) is 44.7 cm³/mol. The zero-order valence-electron chi connectivity index (χ0n) is 7.60. The van der Waals surface area contributed by atoms with Crippen molar-refractivity contribution in [1.82, 2.24) is 0 Å². The SMILES string of the molecule is CCCCCCCC[CH2][Zr+].[OH-]. The maximum absolute atomic E-state index is 2.27. The maximum Gasteiger partial charge on any atom is -0.870 e. The molecule has 0 bridgehead atoms. The Morgan fingerprint density at radius 3 is 1.73 bits per heavy atom. The average Bonchev–Trinajstić information content (AvgIpc) is 1.97. The summed E-state index contributed by atoms with van der Waals surface area (Å²) in [4.78, 5) is 0. The Kier molecular flexibility index (Phi) is 17.6. The van der Waals surface area contributed by atoms with Crippen LogP contribution in [0.1, 0.15) is 51.9 Å². The van der Waals surface area contributed by atoms with Crippen molar-refractivity contribution in [2.45, 2.75) is 56.0 Å². The fourth-order valence-corrected chi connectivity index (χ4v) is 1.70. The Labute approximate surface area is 86.1 Å². The molecule has 2 heteroatoms. The average molecular weight is 235 g/mol. The molecule has 0 radical (unpaired) electrons. The zero-order chi connectivity index (χ0) is 7.66. The second kappa shape index (κ2) is 13.4. The van der Waals surface area contributed by atoms with Crippen molar-refractivity contribution in [2.24, 2.45) is 0 Å². The van der Waals surface area contributed by atoms with Crippen LogP contribution in [-0.4, -0.2) is 5.48 Å². The molecule has 0 rings (SSSR count). The molecule has 0 saturated carbocycles. The third-order valence-corrected chi connectivity index (χ3v) is 2.65. The van der Waals surface area contributed by atoms with Crippen molar-refractivity contribution in [2.75, 3.05) is 0 Å². The van der Waals surface area contributed by atoms with Crippen molar-refractivity contribution in [1.29, 1.82) is 0 Å². The first-order chi connectivity index (χ1) is 4.91. The maximum atomic E-state index is 2.27. The van der Waals surface area contributed by atoms with Crippen LogP contribution in [0.15, 0.2) is 0 Å². The van der Waals surface area contributed by atoms with Crippen LogP contribution >= 0.6 is 0 Å². The molecule has 0 amide bonds. The first-order valence-corrected chi connectivity index (χ1v) is 6.30. The first kappa shape index (κ1) is 14.4. The van der Waals surface area contributed by atoms with E-state index < -0.39 is 0 Å². The van der Waals surface area contributed by atoms with Gasteiger partial charge in [-0.1, -0.05) is 0 Å². The van der Waals surface area contributed by atoms with Crippen LogP contribution < -0.4 is 0 Å². The zero-order valence-corrected chi connectivity index (χ0v) is 10.1. The van der Waals surface area contributed by atoms with Gasteiger partial charge in [0.15, 0.2) is 0 Å². The fraction of sp³-hybridized carbons (Fsp3) is 1.00. The van der Waals surface area contributed by atoms with Crippen molar-refractivity contribution < 1.29 is 30.2 Å². The molecular formula is C9H20OZr. The van der Waals surface area contributed by atoms with Crippen molar-refractivity contribution >= 4 is 0 Å². The van der Waals surface area contributed by atoms with Gasteiger partial charge >= 0.3 is 80.7 Å². The van der Waals surface area contributed by atoms with Gasteiger partial charge < -0.3 is 5.48 Å². The van der Waals surface area contributed by atoms with E-state index in [9.17, 15) is 0 Å². The third-order valence-electron chi connectivity index (χ3n) is 1.78. The van der Waals surface area contributed by atoms with Gasteiger partial charge in [0.25, 0.3) is 0 Å². The quantitative estimate of drug-likeness (QED) is 0.621. The van der Waals surface area contributed by atoms with Gasteiger partial charge in [0, 0.05) is 0 Å². The Balaban J connectivity index is 0. The van der Waals surface area contributed by atoms with Crippen LogP contribution in [0.5, 0.6) is 0 Å². The molecule has 0 fully saturated rings. The molecule has 0 aromatic rings. The van der Waals surface area contributed by atoms with E-state index in [2.05, 4.69) is 6.92 Å². The Hall–Kier alpha value is 0.843. The van der Waals surface area contributed by atoms with Crippen molar-refractivity contribution in [3.8, 4) is 0 Å². The fourth-order valence-electron chi connectivity index (χ4n) is 1.08. The van der Waals surface area contributed by atoms with Gasteiger partial charge in [-0.15, -0.1) is 0 Å². The molecule has 0 aromatic carbocycles. The normalized spacial score (nSPS) is 9.09. The van der Waals surface area contributed by atoms with Gasteiger partial charge in [-0.2, -0.15) is 0 Å². The van der Waals surface area contributed by atoms with Crippen LogP contribution in [0.3, 0.4) is 0 Å². The summed E-state index contributed by atoms with van der Waals surface area (Å²) < 4.78 is 1.46. The predicted octanol–water partition coefficient (Wildman–Crippen LogP) is 3.53. The van der Waals surface area contributed by atoms with Gasteiger partial charge in [0.05, 0.1) is 0 Å². The summed E-state index contributed by atoms with van der Waals surface area (Å²) in [6.45, 7) is 2.27. The molecule has 1 N–H and O–H groups in total. The second-order valence-corrected chi connectivity index (χ2v) is 4.10. The molecular weight excluding hydrogens is 215 g/mol. The van der Waals surface area contributed by atoms with Crippen molar-refractivity contribution in [3.05, 3.63) is 0 Å². The van der Waals surface area contributed by atoms with Crippen LogP contribution in [0.2, 0.25) is 4.13 Å². The Bertz CT molecular complexity index is 49.5. The molecule has 0 unspecified atom stereocenters. The molecule has 11 heavy (non-hydrogen) atoms. The summed E-state index contributed by atoms with van der Waals surface area (Å²) in [6.07, 6.45) is 10.2. The summed E-state index contributed by atoms with van der Waals surface area (Å²) in [5.41, 5.74) is 0. The minimum Gasteiger partial charge on any atom is -0.870 e. The molecule has 0 aliphatic rings. The van der Waals surface area contributed by atoms with E-state index in [0.29, 0.717) is 0 Å². The van der Waals surface area contributed by atoms with E-state index in [0.717, 1.165) is 0 Å². The molecule has 0 atom stereocenters. The summed E-state index contributed by atoms with van der Waals surface area (Å²) in [7, 11) is 0. The summed E-state index contributed by atoms with van der Waals surface area (Å²) in [5, 5.41) is 0. The van der Waals surface area contributed by atoms with Crippen LogP contribution in [-0.2, 0) is 24.7 Å². The number of hydrogen-bond donors (Lipinski definition) is 0. The van der Waals surface area contributed by atoms with Gasteiger partial charge in [-0.3, -0.25) is 0 Å². The van der Waals surface area contributed by atoms with Gasteiger partial charge in [0.1, 0.15) is 0 Å². The van der Waals surface area contributed by atoms with Crippen LogP contribution in [0, 0.1) is 0 Å². The smallest absolute Gasteiger partial charge is 0.870 e. The van der Waals surface area contributed by atoms with Crippen LogP contribution in [0.4, 0.5) is 0 Å². The molecule has 0 aliphatic heterocycles. The molecule has 66 valence electrons. The van der Waals surface area contributed by atoms with E-state index in [1.54, 1.807) is 24.7 Å². The standard InChI is InChI=1S/C9H19.H2O.Zr/c1-3-5-7-9-8-6-4-2;;/h1,3-9H2,2H3;1H2;/q;;+1/p-1. The molecule has 0 saturated heterocycles. The topological polar surface area (TPSA) is 30.0 Å². The first-order valence-electron chi connectivity index (χ1n) is 4.56. The number of unbranched alkanes of at least 4 members (excludes halogenated alkanes) is 6. The van der Waals surface area contributed by atoms with E-state index in [-0.39, 0.29) is 5.48 Å². The second-order valence-electron chi connectivity index (χ2n) is 2.87. The Morgan fingerprint density at radius 2 is 1.27 bits per heavy atom. The van der Waals surface area contributed by atoms with Crippen molar-refractivity contribution in [3.63, 3.8) is 0 Å². The molecule has 0 aromatic heterocycles. The van der Waals surface area contributed by atoms with Gasteiger partial charge in [-0.05, 0) is 0 Å². The van der Waals surface area contributed by atoms with E-state index in [1.165, 1.54) is 49.1 Å². The van der Waals surface area contributed by atoms with Crippen LogP contribution in [0.25, 0.3) is 0 Å². The largest absolute Gasteiger partial charge is 0.870 e. The van der Waals surface area contributed by atoms with E-state index in [1.807, 2.05) is 0 Å². The molecule has 1 nitrogen and oxygen atoms in total. The minimum absolute atomic E-state index is 0. The minimum atomic E-state index is 0. The molecule has 0 aliphatic carbocycles. The number of hydrogen-bond acceptors (Lipinski definition) is 1.